The normalized spacial score (nSPS) is 21.0. The van der Waals surface area contributed by atoms with Crippen molar-refractivity contribution >= 4 is 0 Å². The fourth-order valence-electron chi connectivity index (χ4n) is 2.73. The zero-order chi connectivity index (χ0) is 12.7. The number of hydrogen-bond donors (Lipinski definition) is 1. The van der Waals surface area contributed by atoms with Crippen LogP contribution in [0.4, 0.5) is 0 Å². The predicted molar refractivity (Wildman–Crippen MR) is 72.3 cm³/mol. The zero-order valence-corrected chi connectivity index (χ0v) is 11.7. The Morgan fingerprint density at radius 2 is 1.94 bits per heavy atom. The van der Waals surface area contributed by atoms with E-state index in [0.717, 1.165) is 45.9 Å². The molecule has 1 aliphatic rings. The first kappa shape index (κ1) is 14.9. The molecule has 0 aromatic carbocycles. The molecular formula is C13H29N3O. The molecule has 4 nitrogen and oxygen atoms in total. The highest BCUT2D eigenvalue weighted by molar-refractivity contribution is 4.95. The van der Waals surface area contributed by atoms with E-state index in [0.29, 0.717) is 0 Å². The predicted octanol–water partition coefficient (Wildman–Crippen LogP) is 0.768. The summed E-state index contributed by atoms with van der Waals surface area (Å²) in [6.07, 6.45) is 2.36. The lowest BCUT2D eigenvalue weighted by atomic mass is 9.85. The van der Waals surface area contributed by atoms with E-state index in [4.69, 9.17) is 10.5 Å². The number of ether oxygens (including phenoxy) is 1. The van der Waals surface area contributed by atoms with Crippen LogP contribution in [-0.2, 0) is 4.74 Å². The van der Waals surface area contributed by atoms with Crippen molar-refractivity contribution in [2.45, 2.75) is 32.2 Å². The Morgan fingerprint density at radius 3 is 2.41 bits per heavy atom. The summed E-state index contributed by atoms with van der Waals surface area (Å²) in [4.78, 5) is 4.92. The van der Waals surface area contributed by atoms with E-state index in [1.54, 1.807) is 0 Å². The van der Waals surface area contributed by atoms with E-state index >= 15 is 0 Å². The number of likely N-dealkylation sites (tertiary alicyclic amines) is 1. The van der Waals surface area contributed by atoms with Crippen molar-refractivity contribution in [3.05, 3.63) is 0 Å². The maximum atomic E-state index is 6.06. The summed E-state index contributed by atoms with van der Waals surface area (Å²) in [5.41, 5.74) is 6.27. The van der Waals surface area contributed by atoms with Gasteiger partial charge >= 0.3 is 0 Å². The molecule has 1 fully saturated rings. The van der Waals surface area contributed by atoms with E-state index in [9.17, 15) is 0 Å². The molecule has 2 N–H and O–H groups in total. The molecule has 0 saturated carbocycles. The third kappa shape index (κ3) is 3.91. The minimum absolute atomic E-state index is 0.207. The van der Waals surface area contributed by atoms with Crippen molar-refractivity contribution < 1.29 is 4.74 Å². The van der Waals surface area contributed by atoms with Crippen LogP contribution in [-0.4, -0.2) is 68.3 Å². The van der Waals surface area contributed by atoms with Crippen molar-refractivity contribution in [2.24, 2.45) is 5.73 Å². The first-order valence-corrected chi connectivity index (χ1v) is 6.90. The van der Waals surface area contributed by atoms with Crippen molar-refractivity contribution in [2.75, 3.05) is 53.0 Å². The van der Waals surface area contributed by atoms with Gasteiger partial charge in [0.25, 0.3) is 0 Å². The zero-order valence-electron chi connectivity index (χ0n) is 11.7. The number of piperidine rings is 1. The van der Waals surface area contributed by atoms with Crippen LogP contribution in [0.3, 0.4) is 0 Å². The van der Waals surface area contributed by atoms with Crippen LogP contribution in [0.5, 0.6) is 0 Å². The molecule has 0 atom stereocenters. The SMILES string of the molecule is CCOCCN(CC)C1(CN)CCN(C)CC1. The first-order chi connectivity index (χ1) is 8.18. The van der Waals surface area contributed by atoms with Gasteiger partial charge in [-0.3, -0.25) is 4.90 Å². The third-order valence-corrected chi connectivity index (χ3v) is 4.06. The van der Waals surface area contributed by atoms with Crippen LogP contribution in [0, 0.1) is 0 Å². The van der Waals surface area contributed by atoms with Crippen LogP contribution >= 0.6 is 0 Å². The summed E-state index contributed by atoms with van der Waals surface area (Å²) in [6, 6.07) is 0. The lowest BCUT2D eigenvalue weighted by molar-refractivity contribution is 0.0141. The standard InChI is InChI=1S/C13H29N3O/c1-4-16(10-11-17-5-2)13(12-14)6-8-15(3)9-7-13/h4-12,14H2,1-3H3. The molecule has 0 aromatic rings. The van der Waals surface area contributed by atoms with Gasteiger partial charge in [-0.15, -0.1) is 0 Å². The Kier molecular flexibility index (Phi) is 6.41. The summed E-state index contributed by atoms with van der Waals surface area (Å²) in [7, 11) is 2.19. The van der Waals surface area contributed by atoms with Gasteiger partial charge in [-0.05, 0) is 46.4 Å². The number of rotatable bonds is 7. The van der Waals surface area contributed by atoms with E-state index in [-0.39, 0.29) is 5.54 Å². The number of nitrogens with zero attached hydrogens (tertiary/aromatic N) is 2. The summed E-state index contributed by atoms with van der Waals surface area (Å²) in [6.45, 7) is 11.0. The molecule has 1 heterocycles. The Bertz CT molecular complexity index is 203. The second kappa shape index (κ2) is 7.31. The van der Waals surface area contributed by atoms with Crippen LogP contribution in [0.1, 0.15) is 26.7 Å². The summed E-state index contributed by atoms with van der Waals surface area (Å²) < 4.78 is 5.47. The second-order valence-electron chi connectivity index (χ2n) is 5.01. The Balaban J connectivity index is 2.55. The van der Waals surface area contributed by atoms with E-state index < -0.39 is 0 Å². The fraction of sp³-hybridized carbons (Fsp3) is 1.00. The smallest absolute Gasteiger partial charge is 0.0593 e. The monoisotopic (exact) mass is 243 g/mol. The van der Waals surface area contributed by atoms with Crippen LogP contribution in [0.15, 0.2) is 0 Å². The second-order valence-corrected chi connectivity index (χ2v) is 5.01. The molecule has 0 amide bonds. The quantitative estimate of drug-likeness (QED) is 0.671. The number of likely N-dealkylation sites (N-methyl/N-ethyl adjacent to an activating group) is 1. The highest BCUT2D eigenvalue weighted by atomic mass is 16.5. The number of hydrogen-bond acceptors (Lipinski definition) is 4. The Hall–Kier alpha value is -0.160. The first-order valence-electron chi connectivity index (χ1n) is 6.90. The Labute approximate surface area is 106 Å². The van der Waals surface area contributed by atoms with Gasteiger partial charge in [-0.25, -0.2) is 0 Å². The molecule has 17 heavy (non-hydrogen) atoms. The maximum Gasteiger partial charge on any atom is 0.0593 e. The molecule has 102 valence electrons. The van der Waals surface area contributed by atoms with Gasteiger partial charge in [0.05, 0.1) is 6.61 Å². The van der Waals surface area contributed by atoms with Gasteiger partial charge in [-0.2, -0.15) is 0 Å². The topological polar surface area (TPSA) is 41.7 Å². The fourth-order valence-corrected chi connectivity index (χ4v) is 2.73. The molecule has 4 heteroatoms. The minimum Gasteiger partial charge on any atom is -0.380 e. The highest BCUT2D eigenvalue weighted by Crippen LogP contribution is 2.27. The Morgan fingerprint density at radius 1 is 1.29 bits per heavy atom. The van der Waals surface area contributed by atoms with Gasteiger partial charge in [0.1, 0.15) is 0 Å². The number of nitrogens with two attached hydrogens (primary N) is 1. The molecule has 1 rings (SSSR count). The highest BCUT2D eigenvalue weighted by Gasteiger charge is 2.36. The maximum absolute atomic E-state index is 6.06. The third-order valence-electron chi connectivity index (χ3n) is 4.06. The average Bonchev–Trinajstić information content (AvgIpc) is 2.37. The van der Waals surface area contributed by atoms with Gasteiger partial charge < -0.3 is 15.4 Å². The van der Waals surface area contributed by atoms with Gasteiger partial charge in [0, 0.05) is 25.2 Å². The molecule has 0 aromatic heterocycles. The lowest BCUT2D eigenvalue weighted by Gasteiger charge is -2.47. The van der Waals surface area contributed by atoms with Crippen LogP contribution < -0.4 is 5.73 Å². The summed E-state index contributed by atoms with van der Waals surface area (Å²) in [5.74, 6) is 0. The lowest BCUT2D eigenvalue weighted by Crippen LogP contribution is -2.59. The summed E-state index contributed by atoms with van der Waals surface area (Å²) in [5, 5.41) is 0. The molecule has 0 spiro atoms. The molecule has 1 aliphatic heterocycles. The van der Waals surface area contributed by atoms with Gasteiger partial charge in [0.2, 0.25) is 0 Å². The van der Waals surface area contributed by atoms with E-state index in [1.807, 2.05) is 6.92 Å². The molecule has 1 saturated heterocycles. The molecule has 0 aliphatic carbocycles. The minimum atomic E-state index is 0.207. The average molecular weight is 243 g/mol. The van der Waals surface area contributed by atoms with Crippen molar-refractivity contribution in [3.63, 3.8) is 0 Å². The van der Waals surface area contributed by atoms with E-state index in [2.05, 4.69) is 23.8 Å². The van der Waals surface area contributed by atoms with Crippen LogP contribution in [0.2, 0.25) is 0 Å². The molecule has 0 radical (unpaired) electrons. The van der Waals surface area contributed by atoms with Crippen LogP contribution in [0.25, 0.3) is 0 Å². The van der Waals surface area contributed by atoms with Gasteiger partial charge in [-0.1, -0.05) is 6.92 Å². The summed E-state index contributed by atoms with van der Waals surface area (Å²) >= 11 is 0. The molecular weight excluding hydrogens is 214 g/mol. The van der Waals surface area contributed by atoms with Crippen molar-refractivity contribution in [1.29, 1.82) is 0 Å². The largest absolute Gasteiger partial charge is 0.380 e. The van der Waals surface area contributed by atoms with Crippen molar-refractivity contribution in [3.8, 4) is 0 Å². The van der Waals surface area contributed by atoms with E-state index in [1.165, 1.54) is 12.8 Å². The van der Waals surface area contributed by atoms with Crippen molar-refractivity contribution in [1.82, 2.24) is 9.80 Å². The molecule has 0 unspecified atom stereocenters. The molecule has 0 bridgehead atoms. The van der Waals surface area contributed by atoms with Gasteiger partial charge in [0.15, 0.2) is 0 Å².